The van der Waals surface area contributed by atoms with Crippen LogP contribution < -0.4 is 11.2 Å². The van der Waals surface area contributed by atoms with Gasteiger partial charge in [0.1, 0.15) is 5.65 Å². The van der Waals surface area contributed by atoms with E-state index in [1.807, 2.05) is 13.0 Å². The molecule has 156 valence electrons. The fourth-order valence-electron chi connectivity index (χ4n) is 4.00. The first-order valence-electron chi connectivity index (χ1n) is 10.5. The summed E-state index contributed by atoms with van der Waals surface area (Å²) in [7, 11) is 0. The number of nitrogens with zero attached hydrogens (tertiary/aromatic N) is 4. The molecule has 0 aliphatic carbocycles. The minimum Gasteiger partial charge on any atom is -0.339 e. The van der Waals surface area contributed by atoms with Gasteiger partial charge in [-0.2, -0.15) is 0 Å². The maximum absolute atomic E-state index is 13.4. The van der Waals surface area contributed by atoms with Crippen LogP contribution in [0.5, 0.6) is 0 Å². The maximum Gasteiger partial charge on any atom is 0.337 e. The summed E-state index contributed by atoms with van der Waals surface area (Å²) in [5, 5.41) is 0.294. The fraction of sp³-hybridized carbons (Fsp3) is 0.391. The molecule has 1 fully saturated rings. The number of benzene rings is 1. The highest BCUT2D eigenvalue weighted by atomic mass is 16.2. The monoisotopic (exact) mass is 406 g/mol. The number of carbonyl (C=O) groups excluding carboxylic acids is 1. The number of aryl methyl sites for hydroxylation is 2. The lowest BCUT2D eigenvalue weighted by atomic mass is 10.1. The van der Waals surface area contributed by atoms with Crippen LogP contribution in [0.15, 0.2) is 46.0 Å². The molecule has 0 bridgehead atoms. The van der Waals surface area contributed by atoms with Crippen LogP contribution in [0, 0.1) is 6.92 Å². The number of fused-ring (bicyclic) bond motifs is 1. The Hall–Kier alpha value is -3.22. The van der Waals surface area contributed by atoms with Crippen LogP contribution in [-0.2, 0) is 6.54 Å². The van der Waals surface area contributed by atoms with Gasteiger partial charge in [0.2, 0.25) is 0 Å². The predicted molar refractivity (Wildman–Crippen MR) is 116 cm³/mol. The van der Waals surface area contributed by atoms with E-state index in [0.29, 0.717) is 34.5 Å². The number of aromatic nitrogens is 3. The number of amides is 1. The summed E-state index contributed by atoms with van der Waals surface area (Å²) in [5.74, 6) is -0.101. The summed E-state index contributed by atoms with van der Waals surface area (Å²) in [6.45, 7) is 5.72. The first-order valence-corrected chi connectivity index (χ1v) is 10.5. The van der Waals surface area contributed by atoms with Crippen LogP contribution in [0.3, 0.4) is 0 Å². The summed E-state index contributed by atoms with van der Waals surface area (Å²) >= 11 is 0. The van der Waals surface area contributed by atoms with E-state index in [2.05, 4.69) is 4.98 Å². The van der Waals surface area contributed by atoms with Gasteiger partial charge in [-0.05, 0) is 44.4 Å². The Morgan fingerprint density at radius 2 is 1.80 bits per heavy atom. The molecule has 1 aromatic carbocycles. The summed E-state index contributed by atoms with van der Waals surface area (Å²) in [4.78, 5) is 46.0. The van der Waals surface area contributed by atoms with Crippen molar-refractivity contribution < 1.29 is 4.79 Å². The summed E-state index contributed by atoms with van der Waals surface area (Å²) < 4.78 is 2.74. The number of unbranched alkanes of at least 4 members (excludes halogenated alkanes) is 1. The minimum absolute atomic E-state index is 0.101. The van der Waals surface area contributed by atoms with Crippen molar-refractivity contribution in [1.29, 1.82) is 0 Å². The molecule has 0 unspecified atom stereocenters. The molecule has 0 atom stereocenters. The standard InChI is InChI=1S/C23H26N4O3/c1-3-4-14-26-20-19(22(29)27(23(26)30)17-10-6-5-7-11-17)15-18(16(2)24-20)21(28)25-12-8-9-13-25/h5-7,10-11,15H,3-4,8-9,12-14H2,1-2H3. The Morgan fingerprint density at radius 3 is 2.47 bits per heavy atom. The van der Waals surface area contributed by atoms with E-state index in [9.17, 15) is 14.4 Å². The highest BCUT2D eigenvalue weighted by Crippen LogP contribution is 2.19. The summed E-state index contributed by atoms with van der Waals surface area (Å²) in [6, 6.07) is 10.5. The predicted octanol–water partition coefficient (Wildman–Crippen LogP) is 2.89. The smallest absolute Gasteiger partial charge is 0.337 e. The first-order chi connectivity index (χ1) is 14.5. The van der Waals surface area contributed by atoms with Gasteiger partial charge < -0.3 is 4.90 Å². The van der Waals surface area contributed by atoms with Crippen LogP contribution in [0.2, 0.25) is 0 Å². The van der Waals surface area contributed by atoms with Crippen molar-refractivity contribution in [2.24, 2.45) is 0 Å². The lowest BCUT2D eigenvalue weighted by Crippen LogP contribution is -2.40. The number of hydrogen-bond donors (Lipinski definition) is 0. The van der Waals surface area contributed by atoms with E-state index >= 15 is 0 Å². The van der Waals surface area contributed by atoms with Crippen LogP contribution in [0.25, 0.3) is 16.7 Å². The molecule has 1 amide bonds. The van der Waals surface area contributed by atoms with Gasteiger partial charge in [0.15, 0.2) is 0 Å². The largest absolute Gasteiger partial charge is 0.339 e. The Labute approximate surface area is 174 Å². The van der Waals surface area contributed by atoms with Gasteiger partial charge in [0.25, 0.3) is 11.5 Å². The zero-order chi connectivity index (χ0) is 21.3. The number of likely N-dealkylation sites (tertiary alicyclic amines) is 1. The van der Waals surface area contributed by atoms with Crippen molar-refractivity contribution in [3.63, 3.8) is 0 Å². The Kier molecular flexibility index (Phi) is 5.53. The summed E-state index contributed by atoms with van der Waals surface area (Å²) in [5.41, 5.74) is 0.978. The molecular formula is C23H26N4O3. The normalized spacial score (nSPS) is 13.9. The molecule has 0 spiro atoms. The summed E-state index contributed by atoms with van der Waals surface area (Å²) in [6.07, 6.45) is 3.67. The average Bonchev–Trinajstić information content (AvgIpc) is 3.29. The van der Waals surface area contributed by atoms with Gasteiger partial charge in [-0.25, -0.2) is 14.3 Å². The molecule has 1 saturated heterocycles. The van der Waals surface area contributed by atoms with Gasteiger partial charge in [-0.3, -0.25) is 14.2 Å². The average molecular weight is 406 g/mol. The van der Waals surface area contributed by atoms with Crippen molar-refractivity contribution in [3.8, 4) is 5.69 Å². The Morgan fingerprint density at radius 1 is 1.10 bits per heavy atom. The van der Waals surface area contributed by atoms with E-state index in [0.717, 1.165) is 38.8 Å². The van der Waals surface area contributed by atoms with Gasteiger partial charge in [0, 0.05) is 19.6 Å². The molecule has 7 heteroatoms. The molecule has 3 heterocycles. The molecular weight excluding hydrogens is 380 g/mol. The van der Waals surface area contributed by atoms with E-state index < -0.39 is 11.2 Å². The topological polar surface area (TPSA) is 77.2 Å². The molecule has 2 aromatic heterocycles. The van der Waals surface area contributed by atoms with Gasteiger partial charge in [-0.1, -0.05) is 31.5 Å². The third kappa shape index (κ3) is 3.44. The zero-order valence-electron chi connectivity index (χ0n) is 17.4. The minimum atomic E-state index is -0.447. The second-order valence-electron chi connectivity index (χ2n) is 7.76. The lowest BCUT2D eigenvalue weighted by Gasteiger charge is -2.18. The molecule has 0 N–H and O–H groups in total. The highest BCUT2D eigenvalue weighted by Gasteiger charge is 2.24. The molecule has 3 aromatic rings. The van der Waals surface area contributed by atoms with E-state index in [4.69, 9.17) is 0 Å². The van der Waals surface area contributed by atoms with Crippen LogP contribution in [0.1, 0.15) is 48.7 Å². The third-order valence-electron chi connectivity index (χ3n) is 5.68. The van der Waals surface area contributed by atoms with Crippen molar-refractivity contribution in [3.05, 3.63) is 68.5 Å². The number of carbonyl (C=O) groups is 1. The molecule has 7 nitrogen and oxygen atoms in total. The molecule has 0 radical (unpaired) electrons. The molecule has 0 saturated carbocycles. The second kappa shape index (κ2) is 8.26. The van der Waals surface area contributed by atoms with Gasteiger partial charge in [-0.15, -0.1) is 0 Å². The van der Waals surface area contributed by atoms with Crippen molar-refractivity contribution in [1.82, 2.24) is 19.0 Å². The van der Waals surface area contributed by atoms with Gasteiger partial charge in [0.05, 0.1) is 22.3 Å². The highest BCUT2D eigenvalue weighted by molar-refractivity contribution is 5.98. The number of para-hydroxylation sites is 1. The lowest BCUT2D eigenvalue weighted by molar-refractivity contribution is 0.0792. The zero-order valence-corrected chi connectivity index (χ0v) is 17.4. The van der Waals surface area contributed by atoms with Crippen LogP contribution in [0.4, 0.5) is 0 Å². The van der Waals surface area contributed by atoms with E-state index in [-0.39, 0.29) is 5.91 Å². The van der Waals surface area contributed by atoms with Crippen molar-refractivity contribution in [2.75, 3.05) is 13.1 Å². The number of pyridine rings is 1. The third-order valence-corrected chi connectivity index (χ3v) is 5.68. The molecule has 4 rings (SSSR count). The van der Waals surface area contributed by atoms with E-state index in [1.165, 1.54) is 4.57 Å². The fourth-order valence-corrected chi connectivity index (χ4v) is 4.00. The van der Waals surface area contributed by atoms with Crippen LogP contribution >= 0.6 is 0 Å². The van der Waals surface area contributed by atoms with Gasteiger partial charge >= 0.3 is 5.69 Å². The SMILES string of the molecule is CCCCn1c(=O)n(-c2ccccc2)c(=O)c2cc(C(=O)N3CCCC3)c(C)nc21. The second-order valence-corrected chi connectivity index (χ2v) is 7.76. The number of hydrogen-bond acceptors (Lipinski definition) is 4. The Bertz CT molecular complexity index is 1210. The first kappa shape index (κ1) is 20.1. The maximum atomic E-state index is 13.4. The Balaban J connectivity index is 1.99. The van der Waals surface area contributed by atoms with E-state index in [1.54, 1.807) is 46.7 Å². The quantitative estimate of drug-likeness (QED) is 0.653. The molecule has 1 aliphatic heterocycles. The van der Waals surface area contributed by atoms with Crippen LogP contribution in [-0.4, -0.2) is 38.0 Å². The van der Waals surface area contributed by atoms with Crippen molar-refractivity contribution >= 4 is 16.9 Å². The van der Waals surface area contributed by atoms with Crippen molar-refractivity contribution in [2.45, 2.75) is 46.1 Å². The molecule has 30 heavy (non-hydrogen) atoms. The molecule has 1 aliphatic rings. The number of rotatable bonds is 5.